The van der Waals surface area contributed by atoms with Crippen LogP contribution in [0.4, 0.5) is 0 Å². The van der Waals surface area contributed by atoms with Crippen LogP contribution in [-0.4, -0.2) is 18.5 Å². The van der Waals surface area contributed by atoms with Gasteiger partial charge in [-0.3, -0.25) is 4.79 Å². The van der Waals surface area contributed by atoms with E-state index < -0.39 is 0 Å². The number of amides is 1. The van der Waals surface area contributed by atoms with Crippen molar-refractivity contribution in [1.82, 2.24) is 5.32 Å². The molecule has 2 bridgehead atoms. The van der Waals surface area contributed by atoms with Crippen molar-refractivity contribution in [1.29, 1.82) is 0 Å². The van der Waals surface area contributed by atoms with Gasteiger partial charge >= 0.3 is 0 Å². The van der Waals surface area contributed by atoms with Gasteiger partial charge in [-0.2, -0.15) is 0 Å². The maximum Gasteiger partial charge on any atom is 0.224 e. The zero-order chi connectivity index (χ0) is 13.4. The van der Waals surface area contributed by atoms with Crippen LogP contribution in [0.5, 0.6) is 0 Å². The van der Waals surface area contributed by atoms with Gasteiger partial charge in [-0.05, 0) is 49.4 Å². The van der Waals surface area contributed by atoms with E-state index in [9.17, 15) is 4.79 Å². The molecule has 0 radical (unpaired) electrons. The molecule has 3 heteroatoms. The van der Waals surface area contributed by atoms with Gasteiger partial charge in [-0.1, -0.05) is 26.2 Å². The van der Waals surface area contributed by atoms with Crippen molar-refractivity contribution in [2.45, 2.75) is 57.9 Å². The Morgan fingerprint density at radius 1 is 1.16 bits per heavy atom. The normalized spacial score (nSPS) is 45.4. The Labute approximate surface area is 116 Å². The molecule has 0 aromatic rings. The summed E-state index contributed by atoms with van der Waals surface area (Å²) < 4.78 is 0. The number of carbonyl (C=O) groups is 1. The number of rotatable bonds is 3. The average molecular weight is 264 g/mol. The van der Waals surface area contributed by atoms with Gasteiger partial charge in [-0.25, -0.2) is 0 Å². The van der Waals surface area contributed by atoms with E-state index >= 15 is 0 Å². The number of carbonyl (C=O) groups excluding carboxylic acids is 1. The summed E-state index contributed by atoms with van der Waals surface area (Å²) in [5.41, 5.74) is 6.24. The van der Waals surface area contributed by atoms with Crippen LogP contribution in [-0.2, 0) is 4.79 Å². The maximum absolute atomic E-state index is 12.4. The standard InChI is InChI=1S/C16H28N2O/c1-10-4-2-3-5-13(10)9-18-16(19)14-11-6-7-12(8-11)15(14)17/h10-15H,2-9,17H2,1H3,(H,18,19)/t10-,11+,12+,13-,14-,15+/m1/s1. The molecule has 0 spiro atoms. The minimum Gasteiger partial charge on any atom is -0.356 e. The summed E-state index contributed by atoms with van der Waals surface area (Å²) in [6, 6.07) is 0.127. The van der Waals surface area contributed by atoms with Crippen molar-refractivity contribution in [3.8, 4) is 0 Å². The number of hydrogen-bond acceptors (Lipinski definition) is 2. The minimum atomic E-state index is 0.109. The highest BCUT2D eigenvalue weighted by Gasteiger charge is 2.49. The zero-order valence-electron chi connectivity index (χ0n) is 12.1. The topological polar surface area (TPSA) is 55.1 Å². The van der Waals surface area contributed by atoms with E-state index in [-0.39, 0.29) is 17.9 Å². The van der Waals surface area contributed by atoms with Gasteiger partial charge in [0.05, 0.1) is 5.92 Å². The van der Waals surface area contributed by atoms with Crippen molar-refractivity contribution in [3.63, 3.8) is 0 Å². The lowest BCUT2D eigenvalue weighted by molar-refractivity contribution is -0.127. The second-order valence-electron chi connectivity index (χ2n) is 7.20. The Balaban J connectivity index is 1.51. The monoisotopic (exact) mass is 264 g/mol. The number of fused-ring (bicyclic) bond motifs is 2. The quantitative estimate of drug-likeness (QED) is 0.822. The van der Waals surface area contributed by atoms with Gasteiger partial charge < -0.3 is 11.1 Å². The van der Waals surface area contributed by atoms with E-state index in [1.54, 1.807) is 0 Å². The van der Waals surface area contributed by atoms with Crippen molar-refractivity contribution in [3.05, 3.63) is 0 Å². The second kappa shape index (κ2) is 5.43. The predicted molar refractivity (Wildman–Crippen MR) is 76.4 cm³/mol. The SMILES string of the molecule is C[C@@H]1CCCC[C@@H]1CNC(=O)[C@@H]1[C@H]2CC[C@@H](C2)[C@@H]1N. The Morgan fingerprint density at radius 2 is 1.89 bits per heavy atom. The van der Waals surface area contributed by atoms with Crippen LogP contribution in [0.15, 0.2) is 0 Å². The first kappa shape index (κ1) is 13.4. The van der Waals surface area contributed by atoms with Gasteiger partial charge in [0.1, 0.15) is 0 Å². The molecule has 0 aromatic heterocycles. The molecule has 0 aliphatic heterocycles. The maximum atomic E-state index is 12.4. The first-order chi connectivity index (χ1) is 9.16. The van der Waals surface area contributed by atoms with Crippen LogP contribution in [0.3, 0.4) is 0 Å². The average Bonchev–Trinajstić information content (AvgIpc) is 2.98. The summed E-state index contributed by atoms with van der Waals surface area (Å²) in [5.74, 6) is 3.00. The molecule has 3 aliphatic carbocycles. The predicted octanol–water partition coefficient (Wildman–Crippen LogP) is 2.30. The number of nitrogens with two attached hydrogens (primary N) is 1. The van der Waals surface area contributed by atoms with Crippen LogP contribution < -0.4 is 11.1 Å². The van der Waals surface area contributed by atoms with E-state index in [1.807, 2.05) is 0 Å². The smallest absolute Gasteiger partial charge is 0.224 e. The number of hydrogen-bond donors (Lipinski definition) is 2. The largest absolute Gasteiger partial charge is 0.356 e. The van der Waals surface area contributed by atoms with E-state index in [2.05, 4.69) is 12.2 Å². The molecule has 0 heterocycles. The zero-order valence-corrected chi connectivity index (χ0v) is 12.1. The molecule has 1 amide bonds. The lowest BCUT2D eigenvalue weighted by Gasteiger charge is -2.31. The fourth-order valence-electron chi connectivity index (χ4n) is 4.77. The summed E-state index contributed by atoms with van der Waals surface area (Å²) in [6.45, 7) is 3.21. The van der Waals surface area contributed by atoms with Crippen molar-refractivity contribution < 1.29 is 4.79 Å². The third-order valence-corrected chi connectivity index (χ3v) is 6.11. The second-order valence-corrected chi connectivity index (χ2v) is 7.20. The first-order valence-electron chi connectivity index (χ1n) is 8.20. The summed E-state index contributed by atoms with van der Waals surface area (Å²) >= 11 is 0. The highest BCUT2D eigenvalue weighted by molar-refractivity contribution is 5.80. The van der Waals surface area contributed by atoms with Crippen LogP contribution in [0.25, 0.3) is 0 Å². The van der Waals surface area contributed by atoms with Crippen LogP contribution in [0, 0.1) is 29.6 Å². The molecule has 3 rings (SSSR count). The van der Waals surface area contributed by atoms with Crippen molar-refractivity contribution in [2.75, 3.05) is 6.54 Å². The summed E-state index contributed by atoms with van der Waals surface area (Å²) in [5, 5.41) is 3.22. The molecule has 3 N–H and O–H groups in total. The van der Waals surface area contributed by atoms with Gasteiger partial charge in [0, 0.05) is 12.6 Å². The highest BCUT2D eigenvalue weighted by Crippen LogP contribution is 2.47. The third-order valence-electron chi connectivity index (χ3n) is 6.11. The molecule has 0 aromatic carbocycles. The molecule has 19 heavy (non-hydrogen) atoms. The fraction of sp³-hybridized carbons (Fsp3) is 0.938. The van der Waals surface area contributed by atoms with Gasteiger partial charge in [0.15, 0.2) is 0 Å². The molecule has 3 fully saturated rings. The lowest BCUT2D eigenvalue weighted by atomic mass is 9.80. The molecule has 3 nitrogen and oxygen atoms in total. The lowest BCUT2D eigenvalue weighted by Crippen LogP contribution is -2.46. The summed E-state index contributed by atoms with van der Waals surface area (Å²) in [6.07, 6.45) is 8.96. The van der Waals surface area contributed by atoms with Gasteiger partial charge in [-0.15, -0.1) is 0 Å². The molecule has 108 valence electrons. The van der Waals surface area contributed by atoms with Crippen LogP contribution in [0.2, 0.25) is 0 Å². The Bertz CT molecular complexity index is 342. The van der Waals surface area contributed by atoms with Crippen molar-refractivity contribution in [2.24, 2.45) is 35.3 Å². The first-order valence-corrected chi connectivity index (χ1v) is 8.20. The molecular weight excluding hydrogens is 236 g/mol. The Kier molecular flexibility index (Phi) is 3.84. The molecule has 0 saturated heterocycles. The molecule has 0 unspecified atom stereocenters. The number of nitrogens with one attached hydrogen (secondary N) is 1. The molecule has 6 atom stereocenters. The molecule has 3 saturated carbocycles. The van der Waals surface area contributed by atoms with Gasteiger partial charge in [0.2, 0.25) is 5.91 Å². The van der Waals surface area contributed by atoms with E-state index in [4.69, 9.17) is 5.73 Å². The summed E-state index contributed by atoms with van der Waals surface area (Å²) in [4.78, 5) is 12.4. The Hall–Kier alpha value is -0.570. The fourth-order valence-corrected chi connectivity index (χ4v) is 4.77. The van der Waals surface area contributed by atoms with Crippen LogP contribution in [0.1, 0.15) is 51.9 Å². The highest BCUT2D eigenvalue weighted by atomic mass is 16.1. The Morgan fingerprint density at radius 3 is 2.58 bits per heavy atom. The summed E-state index contributed by atoms with van der Waals surface area (Å²) in [7, 11) is 0. The van der Waals surface area contributed by atoms with Crippen LogP contribution >= 0.6 is 0 Å². The van der Waals surface area contributed by atoms with Crippen molar-refractivity contribution >= 4 is 5.91 Å². The van der Waals surface area contributed by atoms with Gasteiger partial charge in [0.25, 0.3) is 0 Å². The molecular formula is C16H28N2O. The van der Waals surface area contributed by atoms with E-state index in [0.29, 0.717) is 17.8 Å². The van der Waals surface area contributed by atoms with E-state index in [0.717, 1.165) is 12.5 Å². The molecule has 3 aliphatic rings. The third kappa shape index (κ3) is 2.54. The van der Waals surface area contributed by atoms with E-state index in [1.165, 1.54) is 44.9 Å². The minimum absolute atomic E-state index is 0.109.